The van der Waals surface area contributed by atoms with Crippen molar-refractivity contribution in [2.45, 2.75) is 19.3 Å². The molecule has 0 aliphatic carbocycles. The van der Waals surface area contributed by atoms with Crippen LogP contribution in [-0.4, -0.2) is 22.5 Å². The summed E-state index contributed by atoms with van der Waals surface area (Å²) in [7, 11) is 1.65. The minimum absolute atomic E-state index is 0.963. The third-order valence-electron chi connectivity index (χ3n) is 1.50. The van der Waals surface area contributed by atoms with Crippen LogP contribution in [0.25, 0.3) is 0 Å². The second-order valence-electron chi connectivity index (χ2n) is 2.46. The highest BCUT2D eigenvalue weighted by Gasteiger charge is 1.93. The first-order valence-electron chi connectivity index (χ1n) is 3.96. The van der Waals surface area contributed by atoms with E-state index in [-0.39, 0.29) is 0 Å². The van der Waals surface area contributed by atoms with Crippen molar-refractivity contribution in [2.75, 3.05) is 7.11 Å². The summed E-state index contributed by atoms with van der Waals surface area (Å²) in [5.41, 5.74) is 1.01. The number of aromatic nitrogens is 3. The molecule has 0 bridgehead atoms. The Kier molecular flexibility index (Phi) is 3.91. The van der Waals surface area contributed by atoms with Gasteiger partial charge in [-0.2, -0.15) is 15.4 Å². The molecule has 12 heavy (non-hydrogen) atoms. The lowest BCUT2D eigenvalue weighted by molar-refractivity contribution is 0.336. The van der Waals surface area contributed by atoms with E-state index in [1.807, 2.05) is 6.08 Å². The first-order chi connectivity index (χ1) is 5.93. The number of unbranched alkanes of at least 4 members (excludes halogenated alkanes) is 1. The summed E-state index contributed by atoms with van der Waals surface area (Å²) in [5, 5.41) is 10.2. The van der Waals surface area contributed by atoms with E-state index in [0.29, 0.717) is 0 Å². The fourth-order valence-corrected chi connectivity index (χ4v) is 0.911. The van der Waals surface area contributed by atoms with Crippen LogP contribution in [0.2, 0.25) is 0 Å². The largest absolute Gasteiger partial charge is 0.505 e. The quantitative estimate of drug-likeness (QED) is 0.531. The SMILES string of the molecule is COC=CCCCc1cn[nH]n1. The first kappa shape index (κ1) is 8.77. The standard InChI is InChI=1S/C8H13N3O/c1-12-6-4-2-3-5-8-7-9-11-10-8/h4,6-7H,2-3,5H2,1H3,(H,9,10,11). The van der Waals surface area contributed by atoms with Gasteiger partial charge in [-0.25, -0.2) is 0 Å². The van der Waals surface area contributed by atoms with E-state index in [4.69, 9.17) is 4.74 Å². The Morgan fingerprint density at radius 2 is 2.58 bits per heavy atom. The van der Waals surface area contributed by atoms with Crippen LogP contribution in [0.1, 0.15) is 18.5 Å². The third-order valence-corrected chi connectivity index (χ3v) is 1.50. The summed E-state index contributed by atoms with van der Waals surface area (Å²) in [5.74, 6) is 0. The van der Waals surface area contributed by atoms with E-state index >= 15 is 0 Å². The molecular weight excluding hydrogens is 154 g/mol. The third kappa shape index (κ3) is 3.18. The molecule has 4 nitrogen and oxygen atoms in total. The molecule has 0 spiro atoms. The Morgan fingerprint density at radius 1 is 1.67 bits per heavy atom. The molecule has 0 aliphatic rings. The predicted molar refractivity (Wildman–Crippen MR) is 45.5 cm³/mol. The zero-order chi connectivity index (χ0) is 8.65. The second-order valence-corrected chi connectivity index (χ2v) is 2.46. The van der Waals surface area contributed by atoms with Gasteiger partial charge < -0.3 is 4.74 Å². The number of allylic oxidation sites excluding steroid dienone is 1. The number of aryl methyl sites for hydroxylation is 1. The van der Waals surface area contributed by atoms with Gasteiger partial charge in [0.2, 0.25) is 0 Å². The number of nitrogens with zero attached hydrogens (tertiary/aromatic N) is 2. The maximum atomic E-state index is 4.76. The van der Waals surface area contributed by atoms with Gasteiger partial charge in [0.25, 0.3) is 0 Å². The lowest BCUT2D eigenvalue weighted by atomic mass is 10.2. The van der Waals surface area contributed by atoms with Crippen LogP contribution in [0, 0.1) is 0 Å². The van der Waals surface area contributed by atoms with Gasteiger partial charge in [-0.05, 0) is 25.3 Å². The molecule has 1 heterocycles. The van der Waals surface area contributed by atoms with Crippen LogP contribution in [0.3, 0.4) is 0 Å². The van der Waals surface area contributed by atoms with Gasteiger partial charge in [-0.3, -0.25) is 0 Å². The maximum Gasteiger partial charge on any atom is 0.0824 e. The molecule has 0 radical (unpaired) electrons. The number of nitrogens with one attached hydrogen (secondary N) is 1. The molecule has 0 aliphatic heterocycles. The summed E-state index contributed by atoms with van der Waals surface area (Å²) >= 11 is 0. The van der Waals surface area contributed by atoms with Gasteiger partial charge in [0.15, 0.2) is 0 Å². The Morgan fingerprint density at radius 3 is 3.25 bits per heavy atom. The Bertz CT molecular complexity index is 218. The minimum Gasteiger partial charge on any atom is -0.505 e. The Labute approximate surface area is 71.6 Å². The van der Waals surface area contributed by atoms with Crippen LogP contribution in [-0.2, 0) is 11.2 Å². The van der Waals surface area contributed by atoms with Gasteiger partial charge >= 0.3 is 0 Å². The zero-order valence-corrected chi connectivity index (χ0v) is 7.16. The number of methoxy groups -OCH3 is 1. The number of rotatable bonds is 5. The van der Waals surface area contributed by atoms with E-state index in [0.717, 1.165) is 25.0 Å². The Balaban J connectivity index is 2.07. The summed E-state index contributed by atoms with van der Waals surface area (Å²) < 4.78 is 4.76. The van der Waals surface area contributed by atoms with Crippen molar-refractivity contribution >= 4 is 0 Å². The van der Waals surface area contributed by atoms with Crippen LogP contribution >= 0.6 is 0 Å². The molecule has 66 valence electrons. The predicted octanol–water partition coefficient (Wildman–Crippen LogP) is 1.29. The lowest BCUT2D eigenvalue weighted by Gasteiger charge is -1.91. The molecule has 0 saturated heterocycles. The van der Waals surface area contributed by atoms with Crippen molar-refractivity contribution in [1.29, 1.82) is 0 Å². The van der Waals surface area contributed by atoms with Gasteiger partial charge in [0.05, 0.1) is 25.3 Å². The van der Waals surface area contributed by atoms with E-state index in [1.54, 1.807) is 19.6 Å². The molecule has 1 aromatic heterocycles. The fraction of sp³-hybridized carbons (Fsp3) is 0.500. The molecule has 4 heteroatoms. The first-order valence-corrected chi connectivity index (χ1v) is 3.96. The molecule has 0 saturated carbocycles. The van der Waals surface area contributed by atoms with Crippen molar-refractivity contribution in [3.63, 3.8) is 0 Å². The summed E-state index contributed by atoms with van der Waals surface area (Å²) in [6.45, 7) is 0. The van der Waals surface area contributed by atoms with Crippen molar-refractivity contribution in [2.24, 2.45) is 0 Å². The van der Waals surface area contributed by atoms with Crippen LogP contribution < -0.4 is 0 Å². The monoisotopic (exact) mass is 167 g/mol. The van der Waals surface area contributed by atoms with Crippen molar-refractivity contribution in [1.82, 2.24) is 15.4 Å². The molecule has 0 amide bonds. The van der Waals surface area contributed by atoms with Gasteiger partial charge in [-0.1, -0.05) is 0 Å². The highest BCUT2D eigenvalue weighted by Crippen LogP contribution is 1.99. The Hall–Kier alpha value is -1.32. The highest BCUT2D eigenvalue weighted by atomic mass is 16.5. The minimum atomic E-state index is 0.963. The summed E-state index contributed by atoms with van der Waals surface area (Å²) in [6, 6.07) is 0. The number of H-pyrrole nitrogens is 1. The summed E-state index contributed by atoms with van der Waals surface area (Å²) in [6.07, 6.45) is 8.50. The van der Waals surface area contributed by atoms with Crippen molar-refractivity contribution in [3.05, 3.63) is 24.2 Å². The number of hydrogen-bond acceptors (Lipinski definition) is 3. The molecule has 0 aromatic carbocycles. The van der Waals surface area contributed by atoms with Gasteiger partial charge in [-0.15, -0.1) is 0 Å². The normalized spacial score (nSPS) is 10.8. The molecular formula is C8H13N3O. The molecule has 0 unspecified atom stereocenters. The number of aromatic amines is 1. The average Bonchev–Trinajstić information content (AvgIpc) is 2.57. The topological polar surface area (TPSA) is 50.8 Å². The molecule has 1 rings (SSSR count). The average molecular weight is 167 g/mol. The van der Waals surface area contributed by atoms with E-state index < -0.39 is 0 Å². The highest BCUT2D eigenvalue weighted by molar-refractivity contribution is 4.90. The van der Waals surface area contributed by atoms with Crippen molar-refractivity contribution < 1.29 is 4.74 Å². The number of hydrogen-bond donors (Lipinski definition) is 1. The molecule has 0 atom stereocenters. The summed E-state index contributed by atoms with van der Waals surface area (Å²) in [4.78, 5) is 0. The van der Waals surface area contributed by atoms with Crippen LogP contribution in [0.5, 0.6) is 0 Å². The van der Waals surface area contributed by atoms with Crippen LogP contribution in [0.4, 0.5) is 0 Å². The van der Waals surface area contributed by atoms with E-state index in [1.165, 1.54) is 0 Å². The van der Waals surface area contributed by atoms with Gasteiger partial charge in [0.1, 0.15) is 0 Å². The lowest BCUT2D eigenvalue weighted by Crippen LogP contribution is -1.84. The number of ether oxygens (including phenoxy) is 1. The van der Waals surface area contributed by atoms with Crippen LogP contribution in [0.15, 0.2) is 18.5 Å². The van der Waals surface area contributed by atoms with Crippen molar-refractivity contribution in [3.8, 4) is 0 Å². The molecule has 0 fully saturated rings. The smallest absolute Gasteiger partial charge is 0.0824 e. The van der Waals surface area contributed by atoms with E-state index in [2.05, 4.69) is 15.4 Å². The maximum absolute atomic E-state index is 4.76. The molecule has 1 aromatic rings. The van der Waals surface area contributed by atoms with E-state index in [9.17, 15) is 0 Å². The fourth-order valence-electron chi connectivity index (χ4n) is 0.911. The second kappa shape index (κ2) is 5.35. The molecule has 1 N–H and O–H groups in total. The van der Waals surface area contributed by atoms with Gasteiger partial charge in [0, 0.05) is 0 Å². The zero-order valence-electron chi connectivity index (χ0n) is 7.16.